The summed E-state index contributed by atoms with van der Waals surface area (Å²) in [6.07, 6.45) is 0. The SMILES string of the molecule is [B]B=BB=BB=BB=BB=BB=BB=BB=BB=BB=BB=BB=BB=BB=BB=BB=BB=BC. The van der Waals surface area contributed by atoms with E-state index in [2.05, 4.69) is 0 Å². The standard InChI is InChI=1S/CH3B35/c1-3-5-7-9-11-13-15-17-19-21-23-25-27-29-31-33-35-36-34-32-30-28-26-24-22-20-18-16-14-12-10-8-6-4-2/h1H3. The monoisotopic (exact) mass is 400 g/mol. The summed E-state index contributed by atoms with van der Waals surface area (Å²) in [5.41, 5.74) is 0. The third kappa shape index (κ3) is 36.3. The van der Waals surface area contributed by atoms with Gasteiger partial charge in [-0.3, -0.25) is 0 Å². The van der Waals surface area contributed by atoms with Crippen molar-refractivity contribution < 1.29 is 0 Å². The molecule has 0 aliphatic heterocycles. The van der Waals surface area contributed by atoms with Crippen LogP contribution in [0.4, 0.5) is 0 Å². The van der Waals surface area contributed by atoms with Crippen LogP contribution in [0.1, 0.15) is 0 Å². The zero-order valence-corrected chi connectivity index (χ0v) is 21.2. The summed E-state index contributed by atoms with van der Waals surface area (Å²) in [5.74, 6) is 0. The Kier molecular flexibility index (Phi) is 39.6. The van der Waals surface area contributed by atoms with Crippen LogP contribution in [0, 0.1) is 0 Å². The molecule has 0 unspecified atom stereocenters. The van der Waals surface area contributed by atoms with Gasteiger partial charge in [-0.25, -0.2) is 0 Å². The first-order valence-electron chi connectivity index (χ1n) is 11.9. The molecule has 0 aliphatic carbocycles. The normalized spacial score (nSPS) is 7.69. The van der Waals surface area contributed by atoms with Crippen LogP contribution in [0.25, 0.3) is 0 Å². The second-order valence-corrected chi connectivity index (χ2v) is 6.68. The zero-order chi connectivity index (χ0) is 26.0. The van der Waals surface area contributed by atoms with Gasteiger partial charge in [0.2, 0.25) is 0 Å². The van der Waals surface area contributed by atoms with Crippen LogP contribution in [-0.2, 0) is 0 Å². The molecule has 35 heteroatoms. The van der Waals surface area contributed by atoms with Gasteiger partial charge in [-0.2, -0.15) is 0 Å². The van der Waals surface area contributed by atoms with Gasteiger partial charge in [0, 0.05) is 0 Å². The number of hydrogen-bond donors (Lipinski definition) is 0. The Bertz CT molecular complexity index is 944. The predicted octanol–water partition coefficient (Wildman–Crippen LogP) is -12.7. The molecule has 0 fully saturated rings. The van der Waals surface area contributed by atoms with Gasteiger partial charge < -0.3 is 0 Å². The summed E-state index contributed by atoms with van der Waals surface area (Å²) < 4.78 is 0. The first-order valence-corrected chi connectivity index (χ1v) is 11.9. The van der Waals surface area contributed by atoms with Crippen LogP contribution in [0.5, 0.6) is 0 Å². The maximum absolute atomic E-state index is 5.24. The Morgan fingerprint density at radius 2 is 0.361 bits per heavy atom. The van der Waals surface area contributed by atoms with Gasteiger partial charge in [-0.05, 0) is 0 Å². The first-order chi connectivity index (χ1) is 17.9. The van der Waals surface area contributed by atoms with Crippen LogP contribution >= 0.6 is 0 Å². The molecule has 0 aromatic rings. The Labute approximate surface area is 240 Å². The second kappa shape index (κ2) is 37.3. The summed E-state index contributed by atoms with van der Waals surface area (Å²) >= 11 is 0. The van der Waals surface area contributed by atoms with Gasteiger partial charge in [0.15, 0.2) is 0 Å². The fourth-order valence-electron chi connectivity index (χ4n) is 2.10. The number of rotatable bonds is 16. The van der Waals surface area contributed by atoms with Crippen LogP contribution in [0.15, 0.2) is 0 Å². The van der Waals surface area contributed by atoms with E-state index in [1.165, 1.54) is 6.69 Å². The predicted molar refractivity (Wildman–Crippen MR) is 207 cm³/mol. The van der Waals surface area contributed by atoms with E-state index in [0.29, 0.717) is 0 Å². The van der Waals surface area contributed by atoms with E-state index < -0.39 is 0 Å². The molecule has 0 aromatic heterocycles. The quantitative estimate of drug-likeness (QED) is 0.229. The molecule has 0 bridgehead atoms. The fourth-order valence-corrected chi connectivity index (χ4v) is 2.10. The van der Waals surface area contributed by atoms with E-state index in [1.807, 2.05) is 221 Å². The first kappa shape index (κ1) is 38.3. The molecule has 36 heavy (non-hydrogen) atoms. The summed E-state index contributed by atoms with van der Waals surface area (Å²) in [7, 11) is 5.24. The molecule has 0 aromatic carbocycles. The van der Waals surface area contributed by atoms with Gasteiger partial charge in [-0.15, -0.1) is 0 Å². The molecule has 112 valence electrons. The third-order valence-electron chi connectivity index (χ3n) is 3.75. The molecular weight excluding hydrogens is 390 g/mol. The Morgan fingerprint density at radius 3 is 0.500 bits per heavy atom. The van der Waals surface area contributed by atoms with Crippen molar-refractivity contribution in [1.82, 2.24) is 0 Å². The van der Waals surface area contributed by atoms with Crippen molar-refractivity contribution in [3.05, 3.63) is 0 Å². The molecular formula is CH3B35. The van der Waals surface area contributed by atoms with Crippen molar-refractivity contribution in [3.63, 3.8) is 0 Å². The van der Waals surface area contributed by atoms with E-state index in [1.54, 1.807) is 6.69 Å². The van der Waals surface area contributed by atoms with Crippen molar-refractivity contribution >= 4 is 235 Å². The molecule has 0 N–H and O–H groups in total. The summed E-state index contributed by atoms with van der Waals surface area (Å²) in [5, 5.41) is 0. The van der Waals surface area contributed by atoms with Crippen LogP contribution in [0.3, 0.4) is 0 Å². The van der Waals surface area contributed by atoms with E-state index in [4.69, 9.17) is 7.74 Å². The molecule has 0 rings (SSSR count). The molecule has 0 nitrogen and oxygen atoms in total. The molecule has 0 saturated carbocycles. The molecule has 0 aliphatic rings. The zero-order valence-electron chi connectivity index (χ0n) is 21.2. The topological polar surface area (TPSA) is 0 Å². The van der Waals surface area contributed by atoms with Crippen molar-refractivity contribution in [2.24, 2.45) is 0 Å². The molecule has 2 radical (unpaired) electrons. The maximum atomic E-state index is 5.24. The second-order valence-electron chi connectivity index (χ2n) is 6.68. The van der Waals surface area contributed by atoms with E-state index in [-0.39, 0.29) is 0 Å². The Balaban J connectivity index is 4.00. The molecule has 0 saturated heterocycles. The molecule has 0 atom stereocenters. The number of hydrogen-bond acceptors (Lipinski definition) is 0. The minimum absolute atomic E-state index is 1.50. The van der Waals surface area contributed by atoms with E-state index in [9.17, 15) is 0 Å². The average molecular weight is 393 g/mol. The van der Waals surface area contributed by atoms with Crippen molar-refractivity contribution in [3.8, 4) is 0 Å². The third-order valence-corrected chi connectivity index (χ3v) is 3.75. The average Bonchev–Trinajstić information content (AvgIpc) is 2.89. The van der Waals surface area contributed by atoms with Crippen LogP contribution < -0.4 is 0 Å². The van der Waals surface area contributed by atoms with Gasteiger partial charge in [0.1, 0.15) is 0 Å². The molecule has 0 amide bonds. The molecule has 0 heterocycles. The fraction of sp³-hybridized carbons (Fsp3) is 1.00. The van der Waals surface area contributed by atoms with Crippen molar-refractivity contribution in [2.45, 2.75) is 6.82 Å². The molecule has 0 spiro atoms. The summed E-state index contributed by atoms with van der Waals surface area (Å²) in [6.45, 7) is 68.8. The van der Waals surface area contributed by atoms with E-state index >= 15 is 0 Å². The Hall–Kier alpha value is 2.27. The van der Waals surface area contributed by atoms with Crippen LogP contribution in [-0.4, -0.2) is 235 Å². The van der Waals surface area contributed by atoms with Crippen molar-refractivity contribution in [2.75, 3.05) is 0 Å². The van der Waals surface area contributed by atoms with Crippen molar-refractivity contribution in [1.29, 1.82) is 0 Å². The Morgan fingerprint density at radius 1 is 0.222 bits per heavy atom. The van der Waals surface area contributed by atoms with Gasteiger partial charge in [0.25, 0.3) is 0 Å². The van der Waals surface area contributed by atoms with Crippen LogP contribution in [0.2, 0.25) is 6.82 Å². The summed E-state index contributed by atoms with van der Waals surface area (Å²) in [6, 6.07) is 0. The van der Waals surface area contributed by atoms with Gasteiger partial charge >= 0.3 is 242 Å². The summed E-state index contributed by atoms with van der Waals surface area (Å²) in [4.78, 5) is 0. The van der Waals surface area contributed by atoms with E-state index in [0.717, 1.165) is 0 Å². The van der Waals surface area contributed by atoms with Gasteiger partial charge in [-0.1, -0.05) is 0 Å². The van der Waals surface area contributed by atoms with Gasteiger partial charge in [0.05, 0.1) is 0 Å². The minimum atomic E-state index is 1.50.